The normalized spacial score (nSPS) is 11.7. The number of amides is 1. The van der Waals surface area contributed by atoms with Crippen LogP contribution >= 0.6 is 23.5 Å². The van der Waals surface area contributed by atoms with Crippen LogP contribution in [-0.4, -0.2) is 56.3 Å². The molecule has 0 bridgehead atoms. The van der Waals surface area contributed by atoms with Crippen molar-refractivity contribution in [3.63, 3.8) is 0 Å². The zero-order valence-corrected chi connectivity index (χ0v) is 35.1. The van der Waals surface area contributed by atoms with Gasteiger partial charge in [0.05, 0.1) is 15.2 Å². The predicted molar refractivity (Wildman–Crippen MR) is 249 cm³/mol. The number of unbranched alkanes of at least 4 members (excludes halogenated alkanes) is 4. The van der Waals surface area contributed by atoms with E-state index in [9.17, 15) is 4.79 Å². The van der Waals surface area contributed by atoms with Crippen LogP contribution in [0.5, 0.6) is 0 Å². The molecule has 1 N–H and O–H groups in total. The van der Waals surface area contributed by atoms with Gasteiger partial charge >= 0.3 is 0 Å². The second-order valence-corrected chi connectivity index (χ2v) is 17.2. The maximum atomic E-state index is 13.8. The molecule has 3 nitrogen and oxygen atoms in total. The van der Waals surface area contributed by atoms with Gasteiger partial charge in [-0.1, -0.05) is 214 Å². The smallest absolute Gasteiger partial charge is 0.230 e. The van der Waals surface area contributed by atoms with E-state index in [4.69, 9.17) is 0 Å². The summed E-state index contributed by atoms with van der Waals surface area (Å²) in [4.78, 5) is 16.4. The van der Waals surface area contributed by atoms with Gasteiger partial charge in [-0.2, -0.15) is 0 Å². The van der Waals surface area contributed by atoms with Crippen molar-refractivity contribution in [3.8, 4) is 0 Å². The number of rotatable bonds is 23. The van der Waals surface area contributed by atoms with Gasteiger partial charge in [0.25, 0.3) is 0 Å². The SMILES string of the molecule is BCCCCCCCN(CCNC(=O)CSC(c1ccccc1)(c1ccccc1)c1ccccc1)CCSC(c1ccccc1)(c1ccccc1)c1ccccc1. The Hall–Kier alpha value is -4.49. The summed E-state index contributed by atoms with van der Waals surface area (Å²) in [5.41, 5.74) is 7.37. The van der Waals surface area contributed by atoms with E-state index in [2.05, 4.69) is 200 Å². The third-order valence-corrected chi connectivity index (χ3v) is 13.9. The fourth-order valence-electron chi connectivity index (χ4n) is 7.89. The molecular weight excluding hydrogens is 732 g/mol. The van der Waals surface area contributed by atoms with E-state index < -0.39 is 4.75 Å². The minimum atomic E-state index is -0.523. The van der Waals surface area contributed by atoms with Crippen molar-refractivity contribution in [1.29, 1.82) is 0 Å². The Balaban J connectivity index is 1.16. The Morgan fingerprint density at radius 2 is 0.807 bits per heavy atom. The lowest BCUT2D eigenvalue weighted by Gasteiger charge is -2.36. The Labute approximate surface area is 351 Å². The molecule has 1 amide bonds. The highest BCUT2D eigenvalue weighted by atomic mass is 32.2. The van der Waals surface area contributed by atoms with Crippen LogP contribution in [0.3, 0.4) is 0 Å². The van der Waals surface area contributed by atoms with Crippen LogP contribution < -0.4 is 5.32 Å². The van der Waals surface area contributed by atoms with Crippen LogP contribution in [0.15, 0.2) is 182 Å². The molecule has 0 saturated heterocycles. The average molecular weight is 789 g/mol. The summed E-state index contributed by atoms with van der Waals surface area (Å²) >= 11 is 3.72. The number of nitrogens with one attached hydrogen (secondary N) is 1. The molecular formula is C51H57BN2OS2. The van der Waals surface area contributed by atoms with Crippen molar-refractivity contribution in [1.82, 2.24) is 10.2 Å². The summed E-state index contributed by atoms with van der Waals surface area (Å²) in [5, 5.41) is 3.33. The molecule has 57 heavy (non-hydrogen) atoms. The second-order valence-electron chi connectivity index (χ2n) is 14.7. The third kappa shape index (κ3) is 11.1. The van der Waals surface area contributed by atoms with Crippen LogP contribution in [-0.2, 0) is 14.3 Å². The molecule has 6 aromatic rings. The topological polar surface area (TPSA) is 32.3 Å². The first-order valence-electron chi connectivity index (χ1n) is 20.8. The molecule has 0 radical (unpaired) electrons. The largest absolute Gasteiger partial charge is 0.354 e. The molecule has 6 rings (SSSR count). The standard InChI is InChI=1S/C51H57BN2OS2/c52-36-22-2-1-3-23-38-54(40-41-56-50(43-24-10-4-11-25-43,44-26-12-5-13-27-44)45-28-14-6-15-29-45)39-37-53-49(55)42-57-51(46-30-16-7-17-31-46,47-32-18-8-19-33-47)48-34-20-9-21-35-48/h4-21,24-35H,1-3,22-23,36-42,52H2,(H,53,55). The first-order chi connectivity index (χ1) is 28.2. The Bertz CT molecular complexity index is 1810. The van der Waals surface area contributed by atoms with E-state index in [-0.39, 0.29) is 10.7 Å². The van der Waals surface area contributed by atoms with Crippen LogP contribution in [0.1, 0.15) is 65.5 Å². The summed E-state index contributed by atoms with van der Waals surface area (Å²) in [6.07, 6.45) is 7.59. The predicted octanol–water partition coefficient (Wildman–Crippen LogP) is 10.9. The van der Waals surface area contributed by atoms with Crippen molar-refractivity contribution >= 4 is 37.3 Å². The van der Waals surface area contributed by atoms with Crippen LogP contribution in [0.4, 0.5) is 0 Å². The van der Waals surface area contributed by atoms with E-state index in [0.717, 1.165) is 25.4 Å². The van der Waals surface area contributed by atoms with E-state index in [1.165, 1.54) is 71.8 Å². The van der Waals surface area contributed by atoms with Gasteiger partial charge in [0.1, 0.15) is 7.85 Å². The van der Waals surface area contributed by atoms with Crippen molar-refractivity contribution in [2.24, 2.45) is 0 Å². The van der Waals surface area contributed by atoms with Gasteiger partial charge in [-0.05, 0) is 46.3 Å². The summed E-state index contributed by atoms with van der Waals surface area (Å²) in [6.45, 7) is 3.42. The number of carbonyl (C=O) groups excluding carboxylic acids is 1. The van der Waals surface area contributed by atoms with Crippen LogP contribution in [0.25, 0.3) is 0 Å². The average Bonchev–Trinajstić information content (AvgIpc) is 3.28. The van der Waals surface area contributed by atoms with Gasteiger partial charge < -0.3 is 10.2 Å². The molecule has 0 saturated carbocycles. The van der Waals surface area contributed by atoms with Crippen molar-refractivity contribution < 1.29 is 4.79 Å². The molecule has 0 heterocycles. The monoisotopic (exact) mass is 788 g/mol. The fourth-order valence-corrected chi connectivity index (χ4v) is 10.8. The lowest BCUT2D eigenvalue weighted by Crippen LogP contribution is -2.38. The minimum Gasteiger partial charge on any atom is -0.354 e. The van der Waals surface area contributed by atoms with Gasteiger partial charge in [0, 0.05) is 25.4 Å². The van der Waals surface area contributed by atoms with Gasteiger partial charge in [-0.3, -0.25) is 4.79 Å². The maximum Gasteiger partial charge on any atom is 0.230 e. The number of benzene rings is 6. The van der Waals surface area contributed by atoms with E-state index in [0.29, 0.717) is 12.3 Å². The lowest BCUT2D eigenvalue weighted by atomic mass is 9.84. The number of carbonyl (C=O) groups is 1. The summed E-state index contributed by atoms with van der Waals surface area (Å²) in [7, 11) is 2.28. The molecule has 6 heteroatoms. The first kappa shape index (κ1) is 42.1. The quantitative estimate of drug-likeness (QED) is 0.0398. The van der Waals surface area contributed by atoms with Gasteiger partial charge in [-0.15, -0.1) is 23.5 Å². The highest BCUT2D eigenvalue weighted by Crippen LogP contribution is 2.49. The summed E-state index contributed by atoms with van der Waals surface area (Å²) in [5.74, 6) is 1.36. The lowest BCUT2D eigenvalue weighted by molar-refractivity contribution is -0.118. The highest BCUT2D eigenvalue weighted by Gasteiger charge is 2.38. The third-order valence-electron chi connectivity index (χ3n) is 10.8. The van der Waals surface area contributed by atoms with Gasteiger partial charge in [0.2, 0.25) is 5.91 Å². The Kier molecular flexibility index (Phi) is 16.6. The molecule has 0 atom stereocenters. The molecule has 0 aliphatic heterocycles. The maximum absolute atomic E-state index is 13.8. The van der Waals surface area contributed by atoms with Crippen molar-refractivity contribution in [3.05, 3.63) is 215 Å². The van der Waals surface area contributed by atoms with Crippen LogP contribution in [0, 0.1) is 0 Å². The molecule has 0 fully saturated rings. The van der Waals surface area contributed by atoms with Crippen molar-refractivity contribution in [2.75, 3.05) is 37.7 Å². The molecule has 6 aromatic carbocycles. The molecule has 0 aliphatic rings. The molecule has 0 aromatic heterocycles. The number of hydrogen-bond donors (Lipinski definition) is 1. The Morgan fingerprint density at radius 1 is 0.456 bits per heavy atom. The fraction of sp³-hybridized carbons (Fsp3) is 0.275. The molecule has 0 unspecified atom stereocenters. The number of thioether (sulfide) groups is 2. The highest BCUT2D eigenvalue weighted by molar-refractivity contribution is 8.01. The van der Waals surface area contributed by atoms with Gasteiger partial charge in [-0.25, -0.2) is 0 Å². The number of hydrogen-bond acceptors (Lipinski definition) is 4. The second kappa shape index (κ2) is 22.5. The van der Waals surface area contributed by atoms with E-state index in [1.807, 2.05) is 11.8 Å². The number of nitrogens with zero attached hydrogens (tertiary/aromatic N) is 1. The molecule has 0 aliphatic carbocycles. The van der Waals surface area contributed by atoms with E-state index >= 15 is 0 Å². The van der Waals surface area contributed by atoms with E-state index in [1.54, 1.807) is 11.8 Å². The first-order valence-corrected chi connectivity index (χ1v) is 22.7. The zero-order chi connectivity index (χ0) is 39.4. The van der Waals surface area contributed by atoms with Crippen LogP contribution in [0.2, 0.25) is 6.32 Å². The summed E-state index contributed by atoms with van der Waals surface area (Å²) in [6, 6.07) is 64.8. The van der Waals surface area contributed by atoms with Crippen molar-refractivity contribution in [2.45, 2.75) is 47.9 Å². The molecule has 0 spiro atoms. The Morgan fingerprint density at radius 3 is 1.19 bits per heavy atom. The van der Waals surface area contributed by atoms with Gasteiger partial charge in [0.15, 0.2) is 0 Å². The molecule has 292 valence electrons. The minimum absolute atomic E-state index is 0.0670. The zero-order valence-electron chi connectivity index (χ0n) is 33.5. The summed E-state index contributed by atoms with van der Waals surface area (Å²) < 4.78 is -0.866.